The van der Waals surface area contributed by atoms with Crippen LogP contribution in [0, 0.1) is 19.7 Å². The molecule has 2 N–H and O–H groups in total. The molecule has 0 saturated carbocycles. The summed E-state index contributed by atoms with van der Waals surface area (Å²) in [5.74, 6) is 2.17. The maximum atomic E-state index is 13.1. The molecule has 112 valence electrons. The van der Waals surface area contributed by atoms with Crippen LogP contribution in [0.1, 0.15) is 23.9 Å². The van der Waals surface area contributed by atoms with Crippen LogP contribution in [-0.2, 0) is 6.42 Å². The van der Waals surface area contributed by atoms with Crippen LogP contribution in [0.2, 0.25) is 0 Å². The lowest BCUT2D eigenvalue weighted by Crippen LogP contribution is -2.10. The van der Waals surface area contributed by atoms with E-state index in [0.29, 0.717) is 0 Å². The van der Waals surface area contributed by atoms with Gasteiger partial charge in [-0.05, 0) is 50.5 Å². The van der Waals surface area contributed by atoms with Gasteiger partial charge in [-0.1, -0.05) is 6.07 Å². The zero-order valence-corrected chi connectivity index (χ0v) is 12.7. The van der Waals surface area contributed by atoms with Gasteiger partial charge in [-0.3, -0.25) is 0 Å². The Morgan fingerprint density at radius 2 is 1.76 bits per heavy atom. The van der Waals surface area contributed by atoms with Crippen LogP contribution >= 0.6 is 0 Å². The molecule has 5 heteroatoms. The van der Waals surface area contributed by atoms with Crippen LogP contribution in [0.3, 0.4) is 0 Å². The molecule has 0 bridgehead atoms. The van der Waals surface area contributed by atoms with E-state index in [2.05, 4.69) is 20.6 Å². The number of hydrogen-bond donors (Lipinski definition) is 2. The third-order valence-electron chi connectivity index (χ3n) is 3.20. The van der Waals surface area contributed by atoms with E-state index in [0.717, 1.165) is 48.1 Å². The molecule has 0 aliphatic rings. The Labute approximate surface area is 124 Å². The molecule has 0 atom stereocenters. The maximum Gasteiger partial charge on any atom is 0.131 e. The monoisotopic (exact) mass is 288 g/mol. The van der Waals surface area contributed by atoms with Crippen molar-refractivity contribution in [3.8, 4) is 0 Å². The second kappa shape index (κ2) is 7.02. The number of rotatable bonds is 6. The van der Waals surface area contributed by atoms with Crippen molar-refractivity contribution in [2.75, 3.05) is 23.7 Å². The SMILES string of the molecule is CCNc1cc(NCCc2ccc(F)cc2C)nc(C)n1. The Morgan fingerprint density at radius 3 is 2.43 bits per heavy atom. The highest BCUT2D eigenvalue weighted by atomic mass is 19.1. The van der Waals surface area contributed by atoms with Gasteiger partial charge in [0, 0.05) is 19.2 Å². The van der Waals surface area contributed by atoms with E-state index >= 15 is 0 Å². The summed E-state index contributed by atoms with van der Waals surface area (Å²) in [5, 5.41) is 6.47. The summed E-state index contributed by atoms with van der Waals surface area (Å²) in [6.45, 7) is 7.40. The van der Waals surface area contributed by atoms with E-state index in [1.165, 1.54) is 6.07 Å². The predicted molar refractivity (Wildman–Crippen MR) is 84.3 cm³/mol. The minimum Gasteiger partial charge on any atom is -0.370 e. The lowest BCUT2D eigenvalue weighted by Gasteiger charge is -2.10. The van der Waals surface area contributed by atoms with Crippen molar-refractivity contribution >= 4 is 11.6 Å². The maximum absolute atomic E-state index is 13.1. The summed E-state index contributed by atoms with van der Waals surface area (Å²) in [4.78, 5) is 8.67. The van der Waals surface area contributed by atoms with Crippen molar-refractivity contribution in [1.29, 1.82) is 0 Å². The van der Waals surface area contributed by atoms with Gasteiger partial charge in [0.25, 0.3) is 0 Å². The third kappa shape index (κ3) is 4.41. The van der Waals surface area contributed by atoms with Crippen molar-refractivity contribution < 1.29 is 4.39 Å². The van der Waals surface area contributed by atoms with Crippen LogP contribution in [0.25, 0.3) is 0 Å². The molecular formula is C16H21FN4. The summed E-state index contributed by atoms with van der Waals surface area (Å²) in [6.07, 6.45) is 0.825. The Kier molecular flexibility index (Phi) is 5.09. The number of benzene rings is 1. The van der Waals surface area contributed by atoms with E-state index < -0.39 is 0 Å². The first-order valence-electron chi connectivity index (χ1n) is 7.17. The zero-order chi connectivity index (χ0) is 15.2. The first-order valence-corrected chi connectivity index (χ1v) is 7.17. The van der Waals surface area contributed by atoms with Gasteiger partial charge < -0.3 is 10.6 Å². The molecule has 0 spiro atoms. The number of hydrogen-bond acceptors (Lipinski definition) is 4. The van der Waals surface area contributed by atoms with Crippen LogP contribution in [0.4, 0.5) is 16.0 Å². The molecule has 1 heterocycles. The quantitative estimate of drug-likeness (QED) is 0.856. The number of halogens is 1. The minimum atomic E-state index is -0.189. The van der Waals surface area contributed by atoms with Gasteiger partial charge in [-0.25, -0.2) is 14.4 Å². The molecule has 0 radical (unpaired) electrons. The van der Waals surface area contributed by atoms with E-state index in [1.807, 2.05) is 32.9 Å². The van der Waals surface area contributed by atoms with Crippen molar-refractivity contribution in [2.45, 2.75) is 27.2 Å². The minimum absolute atomic E-state index is 0.189. The molecule has 1 aromatic carbocycles. The molecule has 4 nitrogen and oxygen atoms in total. The van der Waals surface area contributed by atoms with Gasteiger partial charge in [-0.15, -0.1) is 0 Å². The molecule has 2 rings (SSSR count). The van der Waals surface area contributed by atoms with E-state index in [4.69, 9.17) is 0 Å². The number of anilines is 2. The summed E-state index contributed by atoms with van der Waals surface area (Å²) in [5.41, 5.74) is 2.12. The van der Waals surface area contributed by atoms with Crippen LogP contribution in [0.15, 0.2) is 24.3 Å². The smallest absolute Gasteiger partial charge is 0.131 e. The highest BCUT2D eigenvalue weighted by Crippen LogP contribution is 2.13. The Balaban J connectivity index is 1.96. The molecule has 1 aromatic heterocycles. The average Bonchev–Trinajstić information content (AvgIpc) is 2.41. The second-order valence-electron chi connectivity index (χ2n) is 4.96. The summed E-state index contributed by atoms with van der Waals surface area (Å²) in [7, 11) is 0. The van der Waals surface area contributed by atoms with Crippen molar-refractivity contribution in [3.63, 3.8) is 0 Å². The summed E-state index contributed by atoms with van der Waals surface area (Å²) >= 11 is 0. The van der Waals surface area contributed by atoms with Gasteiger partial charge in [0.15, 0.2) is 0 Å². The van der Waals surface area contributed by atoms with Crippen LogP contribution < -0.4 is 10.6 Å². The Bertz CT molecular complexity index is 613. The van der Waals surface area contributed by atoms with Gasteiger partial charge in [0.05, 0.1) is 0 Å². The van der Waals surface area contributed by atoms with Gasteiger partial charge in [0.1, 0.15) is 23.3 Å². The van der Waals surface area contributed by atoms with E-state index in [1.54, 1.807) is 6.07 Å². The fourth-order valence-corrected chi connectivity index (χ4v) is 2.19. The normalized spacial score (nSPS) is 10.5. The molecular weight excluding hydrogens is 267 g/mol. The predicted octanol–water partition coefficient (Wildman–Crippen LogP) is 3.32. The Morgan fingerprint density at radius 1 is 1.05 bits per heavy atom. The second-order valence-corrected chi connectivity index (χ2v) is 4.96. The zero-order valence-electron chi connectivity index (χ0n) is 12.7. The number of aromatic nitrogens is 2. The number of nitrogens with one attached hydrogen (secondary N) is 2. The van der Waals surface area contributed by atoms with Crippen LogP contribution in [0.5, 0.6) is 0 Å². The van der Waals surface area contributed by atoms with E-state index in [-0.39, 0.29) is 5.82 Å². The molecule has 0 amide bonds. The lowest BCUT2D eigenvalue weighted by molar-refractivity contribution is 0.625. The molecule has 2 aromatic rings. The molecule has 0 aliphatic heterocycles. The number of aryl methyl sites for hydroxylation is 2. The fraction of sp³-hybridized carbons (Fsp3) is 0.375. The highest BCUT2D eigenvalue weighted by Gasteiger charge is 2.03. The topological polar surface area (TPSA) is 49.8 Å². The Hall–Kier alpha value is -2.17. The van der Waals surface area contributed by atoms with Gasteiger partial charge >= 0.3 is 0 Å². The fourth-order valence-electron chi connectivity index (χ4n) is 2.19. The first kappa shape index (κ1) is 15.2. The first-order chi connectivity index (χ1) is 10.1. The summed E-state index contributed by atoms with van der Waals surface area (Å²) in [6, 6.07) is 6.80. The molecule has 0 aliphatic carbocycles. The molecule has 0 saturated heterocycles. The van der Waals surface area contributed by atoms with Crippen molar-refractivity contribution in [1.82, 2.24) is 9.97 Å². The summed E-state index contributed by atoms with van der Waals surface area (Å²) < 4.78 is 13.1. The van der Waals surface area contributed by atoms with E-state index in [9.17, 15) is 4.39 Å². The molecule has 0 unspecified atom stereocenters. The standard InChI is InChI=1S/C16H21FN4/c1-4-18-15-10-16(21-12(3)20-15)19-8-7-13-5-6-14(17)9-11(13)2/h5-6,9-10H,4,7-8H2,1-3H3,(H2,18,19,20,21). The van der Waals surface area contributed by atoms with Gasteiger partial charge in [-0.2, -0.15) is 0 Å². The lowest BCUT2D eigenvalue weighted by atomic mass is 10.1. The van der Waals surface area contributed by atoms with Crippen LogP contribution in [-0.4, -0.2) is 23.1 Å². The van der Waals surface area contributed by atoms with Crippen molar-refractivity contribution in [2.24, 2.45) is 0 Å². The molecule has 0 fully saturated rings. The highest BCUT2D eigenvalue weighted by molar-refractivity contribution is 5.47. The third-order valence-corrected chi connectivity index (χ3v) is 3.20. The number of nitrogens with zero attached hydrogens (tertiary/aromatic N) is 2. The van der Waals surface area contributed by atoms with Gasteiger partial charge in [0.2, 0.25) is 0 Å². The molecule has 21 heavy (non-hydrogen) atoms. The largest absolute Gasteiger partial charge is 0.370 e. The van der Waals surface area contributed by atoms with Crippen molar-refractivity contribution in [3.05, 3.63) is 47.0 Å². The average molecular weight is 288 g/mol.